The van der Waals surface area contributed by atoms with Crippen LogP contribution in [0, 0.1) is 0 Å². The van der Waals surface area contributed by atoms with Crippen LogP contribution in [0.15, 0.2) is 73.2 Å². The van der Waals surface area contributed by atoms with Crippen molar-refractivity contribution in [2.24, 2.45) is 0 Å². The van der Waals surface area contributed by atoms with Gasteiger partial charge in [-0.3, -0.25) is 14.5 Å². The molecule has 0 saturated carbocycles. The van der Waals surface area contributed by atoms with Gasteiger partial charge in [-0.25, -0.2) is 0 Å². The Balaban J connectivity index is 1.44. The Morgan fingerprint density at radius 1 is 1.11 bits per heavy atom. The molecule has 0 aliphatic heterocycles. The number of phenols is 1. The van der Waals surface area contributed by atoms with Gasteiger partial charge in [-0.15, -0.1) is 0 Å². The minimum Gasteiger partial charge on any atom is -0.508 e. The number of amides is 1. The van der Waals surface area contributed by atoms with Crippen molar-refractivity contribution in [3.63, 3.8) is 0 Å². The number of carbonyl (C=O) groups is 1. The summed E-state index contributed by atoms with van der Waals surface area (Å²) in [5.74, 6) is 0.270. The minimum absolute atomic E-state index is 0.0103. The van der Waals surface area contributed by atoms with Gasteiger partial charge < -0.3 is 10.0 Å². The molecular weight excluding hydrogens is 484 g/mol. The van der Waals surface area contributed by atoms with Gasteiger partial charge in [0.25, 0.3) is 0 Å². The number of aromatic nitrogens is 3. The molecule has 1 atom stereocenters. The summed E-state index contributed by atoms with van der Waals surface area (Å²) < 4.78 is 1.87. The van der Waals surface area contributed by atoms with E-state index in [1.807, 2.05) is 70.5 Å². The molecule has 1 N–H and O–H groups in total. The summed E-state index contributed by atoms with van der Waals surface area (Å²) in [6, 6.07) is 17.2. The molecule has 0 bridgehead atoms. The van der Waals surface area contributed by atoms with E-state index in [0.29, 0.717) is 24.0 Å². The summed E-state index contributed by atoms with van der Waals surface area (Å²) in [5, 5.41) is 15.7. The van der Waals surface area contributed by atoms with Crippen molar-refractivity contribution in [2.45, 2.75) is 58.0 Å². The van der Waals surface area contributed by atoms with Crippen molar-refractivity contribution in [1.82, 2.24) is 14.8 Å². The average Bonchev–Trinajstić information content (AvgIpc) is 3.35. The Hall–Kier alpha value is -3.64. The molecule has 1 unspecified atom stereocenters. The van der Waals surface area contributed by atoms with Crippen LogP contribution in [0.1, 0.15) is 66.5 Å². The summed E-state index contributed by atoms with van der Waals surface area (Å²) in [6.45, 7) is 5.20. The third kappa shape index (κ3) is 5.54. The average molecular weight is 515 g/mol. The van der Waals surface area contributed by atoms with E-state index < -0.39 is 0 Å². The van der Waals surface area contributed by atoms with Crippen LogP contribution >= 0.6 is 11.6 Å². The zero-order chi connectivity index (χ0) is 25.9. The maximum absolute atomic E-state index is 14.1. The van der Waals surface area contributed by atoms with Crippen molar-refractivity contribution < 1.29 is 9.90 Å². The highest BCUT2D eigenvalue weighted by Crippen LogP contribution is 2.38. The number of hydrogen-bond acceptors (Lipinski definition) is 4. The fourth-order valence-electron chi connectivity index (χ4n) is 5.00. The van der Waals surface area contributed by atoms with Crippen LogP contribution in [-0.4, -0.2) is 25.8 Å². The number of benzene rings is 2. The fraction of sp³-hybridized carbons (Fsp3) is 0.300. The summed E-state index contributed by atoms with van der Waals surface area (Å²) in [5.41, 5.74) is 5.58. The van der Waals surface area contributed by atoms with Gasteiger partial charge in [-0.1, -0.05) is 49.7 Å². The molecule has 4 aromatic rings. The lowest BCUT2D eigenvalue weighted by Gasteiger charge is -2.31. The second kappa shape index (κ2) is 10.8. The van der Waals surface area contributed by atoms with Gasteiger partial charge in [0.2, 0.25) is 5.91 Å². The van der Waals surface area contributed by atoms with Crippen molar-refractivity contribution in [3.05, 3.63) is 106 Å². The van der Waals surface area contributed by atoms with Crippen molar-refractivity contribution >= 4 is 23.2 Å². The Morgan fingerprint density at radius 3 is 2.65 bits per heavy atom. The predicted octanol–water partition coefficient (Wildman–Crippen LogP) is 6.46. The second-order valence-corrected chi connectivity index (χ2v) is 10.4. The summed E-state index contributed by atoms with van der Waals surface area (Å²) in [4.78, 5) is 20.5. The third-order valence-corrected chi connectivity index (χ3v) is 7.26. The third-order valence-electron chi connectivity index (χ3n) is 7.01. The summed E-state index contributed by atoms with van der Waals surface area (Å²) >= 11 is 6.02. The highest BCUT2D eigenvalue weighted by atomic mass is 35.5. The van der Waals surface area contributed by atoms with Crippen molar-refractivity contribution in [2.75, 3.05) is 4.90 Å². The van der Waals surface area contributed by atoms with Gasteiger partial charge in [0, 0.05) is 22.5 Å². The number of carbonyl (C=O) groups excluding carboxylic acids is 1. The topological polar surface area (TPSA) is 71.2 Å². The number of anilines is 1. The van der Waals surface area contributed by atoms with Gasteiger partial charge in [-0.05, 0) is 72.2 Å². The largest absolute Gasteiger partial charge is 0.508 e. The number of fused-ring (bicyclic) bond motifs is 1. The monoisotopic (exact) mass is 514 g/mol. The molecule has 6 nitrogen and oxygen atoms in total. The predicted molar refractivity (Wildman–Crippen MR) is 146 cm³/mol. The van der Waals surface area contributed by atoms with Crippen LogP contribution in [0.25, 0.3) is 0 Å². The molecule has 2 aromatic carbocycles. The molecule has 0 saturated heterocycles. The molecule has 1 amide bonds. The van der Waals surface area contributed by atoms with E-state index in [4.69, 9.17) is 11.6 Å². The zero-order valence-corrected chi connectivity index (χ0v) is 21.9. The maximum atomic E-state index is 14.1. The van der Waals surface area contributed by atoms with E-state index >= 15 is 0 Å². The molecule has 7 heteroatoms. The maximum Gasteiger partial charge on any atom is 0.234 e. The lowest BCUT2D eigenvalue weighted by molar-refractivity contribution is -0.120. The number of nitrogens with zero attached hydrogens (tertiary/aromatic N) is 4. The van der Waals surface area contributed by atoms with Gasteiger partial charge in [0.15, 0.2) is 0 Å². The number of phenolic OH excluding ortho intramolecular Hbond substituents is 1. The van der Waals surface area contributed by atoms with Crippen LogP contribution in [0.4, 0.5) is 5.69 Å². The lowest BCUT2D eigenvalue weighted by Crippen LogP contribution is -2.36. The molecule has 37 heavy (non-hydrogen) atoms. The van der Waals surface area contributed by atoms with Crippen molar-refractivity contribution in [3.8, 4) is 5.75 Å². The fourth-order valence-corrected chi connectivity index (χ4v) is 5.13. The molecule has 1 aliphatic carbocycles. The highest BCUT2D eigenvalue weighted by molar-refractivity contribution is 6.30. The highest BCUT2D eigenvalue weighted by Gasteiger charge is 2.32. The van der Waals surface area contributed by atoms with Crippen LogP contribution in [0.3, 0.4) is 0 Å². The Kier molecular flexibility index (Phi) is 7.28. The number of pyridine rings is 1. The van der Waals surface area contributed by atoms with E-state index in [1.54, 1.807) is 12.3 Å². The first-order valence-electron chi connectivity index (χ1n) is 12.7. The zero-order valence-electron chi connectivity index (χ0n) is 21.1. The molecule has 1 aliphatic rings. The van der Waals surface area contributed by atoms with E-state index in [0.717, 1.165) is 52.9 Å². The van der Waals surface area contributed by atoms with E-state index in [1.165, 1.54) is 0 Å². The molecule has 0 radical (unpaired) electrons. The molecule has 5 rings (SSSR count). The standard InChI is InChI=1S/C30H31ClN4O2/c1-20(2)28-14-13-24(16-32-28)35(30(37)27-7-3-6-26-25(27)5-4-8-29(26)36)19-22-15-33-34(18-22)17-21-9-11-23(31)12-10-21/h4-5,8-16,18,20,27,36H,3,6-7,17,19H2,1-2H3. The Labute approximate surface area is 222 Å². The SMILES string of the molecule is CC(C)c1ccc(N(Cc2cnn(Cc3ccc(Cl)cc3)c2)C(=O)C2CCCc3c(O)cccc32)cn1. The Bertz CT molecular complexity index is 1380. The Morgan fingerprint density at radius 2 is 1.92 bits per heavy atom. The summed E-state index contributed by atoms with van der Waals surface area (Å²) in [6.07, 6.45) is 7.97. The van der Waals surface area contributed by atoms with Crippen LogP contribution in [0.5, 0.6) is 5.75 Å². The van der Waals surface area contributed by atoms with Gasteiger partial charge >= 0.3 is 0 Å². The van der Waals surface area contributed by atoms with Gasteiger partial charge in [0.05, 0.1) is 37.1 Å². The smallest absolute Gasteiger partial charge is 0.234 e. The molecule has 0 fully saturated rings. The second-order valence-electron chi connectivity index (χ2n) is 9.98. The van der Waals surface area contributed by atoms with Crippen molar-refractivity contribution in [1.29, 1.82) is 0 Å². The lowest BCUT2D eigenvalue weighted by atomic mass is 9.81. The first kappa shape index (κ1) is 25.0. The summed E-state index contributed by atoms with van der Waals surface area (Å²) in [7, 11) is 0. The molecule has 190 valence electrons. The van der Waals surface area contributed by atoms with E-state index in [-0.39, 0.29) is 17.6 Å². The van der Waals surface area contributed by atoms with Gasteiger partial charge in [-0.2, -0.15) is 5.10 Å². The number of aromatic hydroxyl groups is 1. The van der Waals surface area contributed by atoms with Crippen LogP contribution in [-0.2, 0) is 24.3 Å². The van der Waals surface area contributed by atoms with Crippen LogP contribution < -0.4 is 4.90 Å². The number of rotatable bonds is 7. The van der Waals surface area contributed by atoms with Crippen LogP contribution in [0.2, 0.25) is 5.02 Å². The van der Waals surface area contributed by atoms with E-state index in [9.17, 15) is 9.90 Å². The normalized spacial score (nSPS) is 15.0. The minimum atomic E-state index is -0.315. The molecule has 2 heterocycles. The number of hydrogen-bond donors (Lipinski definition) is 1. The number of halogens is 1. The molecular formula is C30H31ClN4O2. The van der Waals surface area contributed by atoms with E-state index in [2.05, 4.69) is 23.9 Å². The first-order chi connectivity index (χ1) is 17.9. The molecule has 2 aromatic heterocycles. The first-order valence-corrected chi connectivity index (χ1v) is 13.1. The quantitative estimate of drug-likeness (QED) is 0.307. The molecule has 0 spiro atoms. The van der Waals surface area contributed by atoms with Gasteiger partial charge in [0.1, 0.15) is 5.75 Å².